The molecule has 0 saturated carbocycles. The van der Waals surface area contributed by atoms with Crippen molar-refractivity contribution >= 4 is 27.2 Å². The summed E-state index contributed by atoms with van der Waals surface area (Å²) in [5.74, 6) is 2.34. The minimum Gasteiger partial charge on any atom is -0.497 e. The van der Waals surface area contributed by atoms with Gasteiger partial charge in [-0.15, -0.1) is 11.3 Å². The molecular weight excluding hydrogens is 470 g/mol. The predicted octanol–water partition coefficient (Wildman–Crippen LogP) is 6.68. The Morgan fingerprint density at radius 3 is 2.19 bits per heavy atom. The topological polar surface area (TPSA) is 48.0 Å². The van der Waals surface area contributed by atoms with Crippen molar-refractivity contribution in [1.82, 2.24) is 4.90 Å². The molecule has 0 spiro atoms. The Morgan fingerprint density at radius 1 is 0.833 bits per heavy atom. The largest absolute Gasteiger partial charge is 0.497 e. The average molecular weight is 502 g/mol. The molecule has 3 aromatic carbocycles. The van der Waals surface area contributed by atoms with Gasteiger partial charge in [-0.25, -0.2) is 0 Å². The molecule has 36 heavy (non-hydrogen) atoms. The highest BCUT2D eigenvalue weighted by Gasteiger charge is 2.22. The van der Waals surface area contributed by atoms with Crippen molar-refractivity contribution in [3.8, 4) is 27.7 Å². The molecule has 4 aromatic rings. The fourth-order valence-corrected chi connectivity index (χ4v) is 5.93. The molecule has 6 heteroatoms. The van der Waals surface area contributed by atoms with E-state index in [1.54, 1.807) is 25.6 Å². The minimum absolute atomic E-state index is 0.00268. The fraction of sp³-hybridized carbons (Fsp3) is 0.300. The Balaban J connectivity index is 1.40. The van der Waals surface area contributed by atoms with Gasteiger partial charge in [-0.05, 0) is 98.2 Å². The molecule has 0 amide bonds. The number of hydrogen-bond acceptors (Lipinski definition) is 6. The molecule has 0 radical (unpaired) electrons. The summed E-state index contributed by atoms with van der Waals surface area (Å²) in [6.45, 7) is 3.92. The lowest BCUT2D eigenvalue weighted by atomic mass is 9.97. The summed E-state index contributed by atoms with van der Waals surface area (Å²) in [5.41, 5.74) is 2.34. The molecule has 1 aliphatic heterocycles. The molecule has 0 unspecified atom stereocenters. The maximum absolute atomic E-state index is 13.8. The van der Waals surface area contributed by atoms with E-state index in [0.29, 0.717) is 17.7 Å². The number of hydrogen-bond donors (Lipinski definition) is 0. The molecule has 0 bridgehead atoms. The van der Waals surface area contributed by atoms with Gasteiger partial charge in [0.1, 0.15) is 23.9 Å². The highest BCUT2D eigenvalue weighted by molar-refractivity contribution is 7.22. The number of ketones is 1. The standard InChI is InChI=1S/C30H31NO4S/c1-33-23-10-8-22(9-11-23)30-28(26-15-14-25(34-2)20-27(26)36-30)29(32)21-6-12-24(13-7-21)35-19-18-31-16-4-3-5-17-31/h6-15,20H,3-5,16-19H2,1-2H3. The van der Waals surface area contributed by atoms with Crippen LogP contribution in [0.1, 0.15) is 35.2 Å². The molecule has 0 N–H and O–H groups in total. The van der Waals surface area contributed by atoms with Crippen LogP contribution in [0.5, 0.6) is 17.2 Å². The highest BCUT2D eigenvalue weighted by atomic mass is 32.1. The van der Waals surface area contributed by atoms with Crippen LogP contribution in [0.4, 0.5) is 0 Å². The van der Waals surface area contributed by atoms with E-state index < -0.39 is 0 Å². The molecule has 1 fully saturated rings. The van der Waals surface area contributed by atoms with Crippen LogP contribution in [-0.4, -0.2) is 51.1 Å². The van der Waals surface area contributed by atoms with E-state index in [1.807, 2.05) is 66.7 Å². The molecule has 5 nitrogen and oxygen atoms in total. The van der Waals surface area contributed by atoms with Gasteiger partial charge in [0.2, 0.25) is 0 Å². The van der Waals surface area contributed by atoms with Crippen LogP contribution in [0.25, 0.3) is 20.5 Å². The Bertz CT molecular complexity index is 1320. The summed E-state index contributed by atoms with van der Waals surface area (Å²) in [6.07, 6.45) is 3.89. The van der Waals surface area contributed by atoms with Crippen molar-refractivity contribution in [2.75, 3.05) is 40.5 Å². The monoisotopic (exact) mass is 501 g/mol. The number of ether oxygens (including phenoxy) is 3. The van der Waals surface area contributed by atoms with Gasteiger partial charge >= 0.3 is 0 Å². The zero-order valence-electron chi connectivity index (χ0n) is 20.8. The number of piperidine rings is 1. The Labute approximate surface area is 216 Å². The quantitative estimate of drug-likeness (QED) is 0.239. The number of carbonyl (C=O) groups is 1. The summed E-state index contributed by atoms with van der Waals surface area (Å²) in [7, 11) is 3.30. The Hall–Kier alpha value is -3.35. The maximum Gasteiger partial charge on any atom is 0.195 e. The third kappa shape index (κ3) is 5.25. The summed E-state index contributed by atoms with van der Waals surface area (Å²) >= 11 is 1.60. The van der Waals surface area contributed by atoms with E-state index in [2.05, 4.69) is 4.90 Å². The molecule has 186 valence electrons. The second-order valence-electron chi connectivity index (χ2n) is 9.00. The van der Waals surface area contributed by atoms with Crippen LogP contribution in [0.3, 0.4) is 0 Å². The zero-order valence-corrected chi connectivity index (χ0v) is 21.6. The third-order valence-corrected chi connectivity index (χ3v) is 7.92. The summed E-state index contributed by atoms with van der Waals surface area (Å²) in [6, 6.07) is 21.2. The van der Waals surface area contributed by atoms with Gasteiger partial charge in [0.25, 0.3) is 0 Å². The van der Waals surface area contributed by atoms with Gasteiger partial charge < -0.3 is 14.2 Å². The first-order chi connectivity index (χ1) is 17.7. The number of thiophene rings is 1. The molecule has 0 aliphatic carbocycles. The van der Waals surface area contributed by atoms with Gasteiger partial charge in [0.15, 0.2) is 5.78 Å². The van der Waals surface area contributed by atoms with E-state index in [4.69, 9.17) is 14.2 Å². The average Bonchev–Trinajstić information content (AvgIpc) is 3.32. The highest BCUT2D eigenvalue weighted by Crippen LogP contribution is 2.41. The number of likely N-dealkylation sites (tertiary alicyclic amines) is 1. The van der Waals surface area contributed by atoms with Crippen molar-refractivity contribution in [3.05, 3.63) is 77.9 Å². The smallest absolute Gasteiger partial charge is 0.195 e. The van der Waals surface area contributed by atoms with Crippen LogP contribution in [0, 0.1) is 0 Å². The SMILES string of the molecule is COc1ccc(-c2sc3cc(OC)ccc3c2C(=O)c2ccc(OCCN3CCCCC3)cc2)cc1. The van der Waals surface area contributed by atoms with Crippen molar-refractivity contribution < 1.29 is 19.0 Å². The molecule has 5 rings (SSSR count). The molecule has 0 atom stereocenters. The number of rotatable bonds is 9. The lowest BCUT2D eigenvalue weighted by Gasteiger charge is -2.26. The zero-order chi connectivity index (χ0) is 24.9. The van der Waals surface area contributed by atoms with E-state index in [0.717, 1.165) is 57.4 Å². The molecule has 1 aliphatic rings. The van der Waals surface area contributed by atoms with Gasteiger partial charge in [-0.1, -0.05) is 6.42 Å². The third-order valence-electron chi connectivity index (χ3n) is 6.72. The van der Waals surface area contributed by atoms with E-state index in [9.17, 15) is 4.79 Å². The maximum atomic E-state index is 13.8. The Morgan fingerprint density at radius 2 is 1.50 bits per heavy atom. The van der Waals surface area contributed by atoms with E-state index >= 15 is 0 Å². The normalized spacial score (nSPS) is 14.1. The molecule has 1 aromatic heterocycles. The van der Waals surface area contributed by atoms with Crippen molar-refractivity contribution in [2.45, 2.75) is 19.3 Å². The van der Waals surface area contributed by atoms with Gasteiger partial charge in [-0.2, -0.15) is 0 Å². The van der Waals surface area contributed by atoms with Crippen molar-refractivity contribution in [1.29, 1.82) is 0 Å². The first kappa shape index (κ1) is 24.3. The lowest BCUT2D eigenvalue weighted by Crippen LogP contribution is -2.33. The summed E-state index contributed by atoms with van der Waals surface area (Å²) in [5, 5.41) is 0.929. The van der Waals surface area contributed by atoms with Gasteiger partial charge in [0, 0.05) is 32.6 Å². The predicted molar refractivity (Wildman–Crippen MR) is 146 cm³/mol. The van der Waals surface area contributed by atoms with Crippen LogP contribution in [0.15, 0.2) is 66.7 Å². The van der Waals surface area contributed by atoms with Crippen molar-refractivity contribution in [3.63, 3.8) is 0 Å². The molecule has 2 heterocycles. The number of methoxy groups -OCH3 is 2. The van der Waals surface area contributed by atoms with Crippen LogP contribution in [-0.2, 0) is 0 Å². The second-order valence-corrected chi connectivity index (χ2v) is 10.1. The fourth-order valence-electron chi connectivity index (χ4n) is 4.70. The van der Waals surface area contributed by atoms with Crippen LogP contribution >= 0.6 is 11.3 Å². The number of carbonyl (C=O) groups excluding carboxylic acids is 1. The summed E-state index contributed by atoms with van der Waals surface area (Å²) in [4.78, 5) is 17.2. The lowest BCUT2D eigenvalue weighted by molar-refractivity contribution is 0.104. The molecular formula is C30H31NO4S. The number of nitrogens with zero attached hydrogens (tertiary/aromatic N) is 1. The van der Waals surface area contributed by atoms with Gasteiger partial charge in [-0.3, -0.25) is 9.69 Å². The second kappa shape index (κ2) is 11.1. The molecule has 1 saturated heterocycles. The summed E-state index contributed by atoms with van der Waals surface area (Å²) < 4.78 is 17.7. The Kier molecular flexibility index (Phi) is 7.54. The van der Waals surface area contributed by atoms with E-state index in [1.165, 1.54) is 19.3 Å². The van der Waals surface area contributed by atoms with Crippen LogP contribution in [0.2, 0.25) is 0 Å². The minimum atomic E-state index is -0.00268. The van der Waals surface area contributed by atoms with Gasteiger partial charge in [0.05, 0.1) is 14.2 Å². The number of benzene rings is 3. The van der Waals surface area contributed by atoms with Crippen LogP contribution < -0.4 is 14.2 Å². The van der Waals surface area contributed by atoms with E-state index in [-0.39, 0.29) is 5.78 Å². The first-order valence-corrected chi connectivity index (χ1v) is 13.2. The number of fused-ring (bicyclic) bond motifs is 1. The van der Waals surface area contributed by atoms with Crippen molar-refractivity contribution in [2.24, 2.45) is 0 Å². The first-order valence-electron chi connectivity index (χ1n) is 12.4.